The van der Waals surface area contributed by atoms with Crippen LogP contribution in [0, 0.1) is 0 Å². The SMILES string of the molecule is NCCCCCCCCCCCCCCc1cccnc1. The Morgan fingerprint density at radius 1 is 0.714 bits per heavy atom. The predicted molar refractivity (Wildman–Crippen MR) is 92.4 cm³/mol. The highest BCUT2D eigenvalue weighted by Crippen LogP contribution is 2.12. The lowest BCUT2D eigenvalue weighted by Gasteiger charge is -2.03. The lowest BCUT2D eigenvalue weighted by Crippen LogP contribution is -1.97. The number of nitrogens with two attached hydrogens (primary N) is 1. The van der Waals surface area contributed by atoms with Gasteiger partial charge in [-0.05, 0) is 37.4 Å². The summed E-state index contributed by atoms with van der Waals surface area (Å²) in [5, 5.41) is 0. The fraction of sp³-hybridized carbons (Fsp3) is 0.737. The average Bonchev–Trinajstić information content (AvgIpc) is 2.53. The van der Waals surface area contributed by atoms with E-state index in [0.717, 1.165) is 6.54 Å². The van der Waals surface area contributed by atoms with Gasteiger partial charge >= 0.3 is 0 Å². The molecule has 1 aromatic heterocycles. The van der Waals surface area contributed by atoms with Gasteiger partial charge in [-0.25, -0.2) is 0 Å². The Kier molecular flexibility index (Phi) is 12.2. The smallest absolute Gasteiger partial charge is 0.0299 e. The molecule has 2 nitrogen and oxygen atoms in total. The summed E-state index contributed by atoms with van der Waals surface area (Å²) in [5.41, 5.74) is 6.87. The predicted octanol–water partition coefficient (Wildman–Crippen LogP) is 5.26. The molecule has 0 amide bonds. The van der Waals surface area contributed by atoms with Crippen LogP contribution in [-0.4, -0.2) is 11.5 Å². The van der Waals surface area contributed by atoms with E-state index in [9.17, 15) is 0 Å². The Labute approximate surface area is 131 Å². The quantitative estimate of drug-likeness (QED) is 0.474. The summed E-state index contributed by atoms with van der Waals surface area (Å²) in [6.45, 7) is 0.862. The van der Waals surface area contributed by atoms with Gasteiger partial charge in [-0.1, -0.05) is 70.3 Å². The van der Waals surface area contributed by atoms with Gasteiger partial charge in [-0.2, -0.15) is 0 Å². The minimum Gasteiger partial charge on any atom is -0.330 e. The second-order valence-electron chi connectivity index (χ2n) is 6.14. The maximum absolute atomic E-state index is 5.49. The van der Waals surface area contributed by atoms with E-state index in [1.54, 1.807) is 0 Å². The van der Waals surface area contributed by atoms with Gasteiger partial charge in [-0.3, -0.25) is 4.98 Å². The lowest BCUT2D eigenvalue weighted by molar-refractivity contribution is 0.541. The molecule has 0 aliphatic heterocycles. The summed E-state index contributed by atoms with van der Waals surface area (Å²) >= 11 is 0. The van der Waals surface area contributed by atoms with Crippen molar-refractivity contribution in [1.82, 2.24) is 4.98 Å². The fourth-order valence-electron chi connectivity index (χ4n) is 2.79. The third-order valence-electron chi connectivity index (χ3n) is 4.14. The van der Waals surface area contributed by atoms with E-state index in [4.69, 9.17) is 5.73 Å². The third kappa shape index (κ3) is 11.4. The molecule has 0 atom stereocenters. The van der Waals surface area contributed by atoms with E-state index in [-0.39, 0.29) is 0 Å². The Balaban J connectivity index is 1.75. The molecule has 0 unspecified atom stereocenters. The maximum Gasteiger partial charge on any atom is 0.0299 e. The largest absolute Gasteiger partial charge is 0.330 e. The average molecular weight is 290 g/mol. The standard InChI is InChI=1S/C19H34N2/c20-16-12-10-8-6-4-2-1-3-5-7-9-11-14-19-15-13-17-21-18-19/h13,15,17-18H,1-12,14,16,20H2. The summed E-state index contributed by atoms with van der Waals surface area (Å²) in [7, 11) is 0. The van der Waals surface area contributed by atoms with Crippen LogP contribution in [0.5, 0.6) is 0 Å². The molecule has 2 N–H and O–H groups in total. The zero-order chi connectivity index (χ0) is 15.0. The van der Waals surface area contributed by atoms with Gasteiger partial charge in [0, 0.05) is 12.4 Å². The Morgan fingerprint density at radius 2 is 1.24 bits per heavy atom. The first kappa shape index (κ1) is 18.2. The molecule has 0 bridgehead atoms. The molecule has 1 rings (SSSR count). The monoisotopic (exact) mass is 290 g/mol. The number of aryl methyl sites for hydroxylation is 1. The van der Waals surface area contributed by atoms with E-state index in [0.29, 0.717) is 0 Å². The topological polar surface area (TPSA) is 38.9 Å². The first-order valence-electron chi connectivity index (χ1n) is 9.02. The minimum atomic E-state index is 0.862. The molecule has 0 fully saturated rings. The van der Waals surface area contributed by atoms with Crippen LogP contribution in [0.15, 0.2) is 24.5 Å². The molecule has 0 radical (unpaired) electrons. The Hall–Kier alpha value is -0.890. The van der Waals surface area contributed by atoms with Crippen LogP contribution in [-0.2, 0) is 6.42 Å². The number of hydrogen-bond acceptors (Lipinski definition) is 2. The van der Waals surface area contributed by atoms with Gasteiger partial charge in [0.15, 0.2) is 0 Å². The van der Waals surface area contributed by atoms with Crippen LogP contribution in [0.25, 0.3) is 0 Å². The molecule has 21 heavy (non-hydrogen) atoms. The van der Waals surface area contributed by atoms with E-state index >= 15 is 0 Å². The highest BCUT2D eigenvalue weighted by molar-refractivity contribution is 5.08. The first-order chi connectivity index (χ1) is 10.4. The number of pyridine rings is 1. The van der Waals surface area contributed by atoms with Crippen molar-refractivity contribution in [3.63, 3.8) is 0 Å². The molecule has 120 valence electrons. The van der Waals surface area contributed by atoms with Crippen LogP contribution in [0.2, 0.25) is 0 Å². The van der Waals surface area contributed by atoms with Gasteiger partial charge in [0.1, 0.15) is 0 Å². The first-order valence-corrected chi connectivity index (χ1v) is 9.02. The van der Waals surface area contributed by atoms with Gasteiger partial charge in [0.2, 0.25) is 0 Å². The maximum atomic E-state index is 5.49. The summed E-state index contributed by atoms with van der Waals surface area (Å²) in [5.74, 6) is 0. The van der Waals surface area contributed by atoms with Gasteiger partial charge < -0.3 is 5.73 Å². The summed E-state index contributed by atoms with van der Waals surface area (Å²) < 4.78 is 0. The molecule has 1 aromatic rings. The zero-order valence-corrected chi connectivity index (χ0v) is 13.7. The molecule has 0 spiro atoms. The third-order valence-corrected chi connectivity index (χ3v) is 4.14. The van der Waals surface area contributed by atoms with Crippen LogP contribution in [0.4, 0.5) is 0 Å². The highest BCUT2D eigenvalue weighted by Gasteiger charge is 1.95. The molecular formula is C19H34N2. The normalized spacial score (nSPS) is 10.9. The number of aromatic nitrogens is 1. The summed E-state index contributed by atoms with van der Waals surface area (Å²) in [4.78, 5) is 4.16. The van der Waals surface area contributed by atoms with Crippen molar-refractivity contribution in [1.29, 1.82) is 0 Å². The van der Waals surface area contributed by atoms with Gasteiger partial charge in [-0.15, -0.1) is 0 Å². The van der Waals surface area contributed by atoms with Gasteiger partial charge in [0.05, 0.1) is 0 Å². The van der Waals surface area contributed by atoms with E-state index in [1.807, 2.05) is 18.5 Å². The van der Waals surface area contributed by atoms with Crippen LogP contribution in [0.1, 0.15) is 82.6 Å². The number of rotatable bonds is 14. The molecule has 0 aromatic carbocycles. The molecule has 2 heteroatoms. The molecule has 0 aliphatic rings. The van der Waals surface area contributed by atoms with Crippen molar-refractivity contribution in [3.8, 4) is 0 Å². The second kappa shape index (κ2) is 14.1. The number of hydrogen-bond donors (Lipinski definition) is 1. The molecule has 0 saturated carbocycles. The van der Waals surface area contributed by atoms with Crippen LogP contribution in [0.3, 0.4) is 0 Å². The molecule has 0 saturated heterocycles. The minimum absolute atomic E-state index is 0.862. The second-order valence-corrected chi connectivity index (χ2v) is 6.14. The molecular weight excluding hydrogens is 256 g/mol. The molecule has 0 aliphatic carbocycles. The van der Waals surface area contributed by atoms with E-state index in [2.05, 4.69) is 11.1 Å². The van der Waals surface area contributed by atoms with Gasteiger partial charge in [0.25, 0.3) is 0 Å². The Bertz CT molecular complexity index is 311. The Morgan fingerprint density at radius 3 is 1.71 bits per heavy atom. The number of unbranched alkanes of at least 4 members (excludes halogenated alkanes) is 11. The van der Waals surface area contributed by atoms with Crippen LogP contribution < -0.4 is 5.73 Å². The van der Waals surface area contributed by atoms with E-state index < -0.39 is 0 Å². The fourth-order valence-corrected chi connectivity index (χ4v) is 2.79. The molecule has 1 heterocycles. The van der Waals surface area contributed by atoms with Crippen molar-refractivity contribution in [2.24, 2.45) is 5.73 Å². The van der Waals surface area contributed by atoms with Crippen molar-refractivity contribution in [2.75, 3.05) is 6.54 Å². The highest BCUT2D eigenvalue weighted by atomic mass is 14.6. The number of nitrogens with zero attached hydrogens (tertiary/aromatic N) is 1. The summed E-state index contributed by atoms with van der Waals surface area (Å²) in [6.07, 6.45) is 21.6. The van der Waals surface area contributed by atoms with Crippen molar-refractivity contribution in [2.45, 2.75) is 83.5 Å². The van der Waals surface area contributed by atoms with Crippen molar-refractivity contribution >= 4 is 0 Å². The van der Waals surface area contributed by atoms with Crippen LogP contribution >= 0.6 is 0 Å². The van der Waals surface area contributed by atoms with Crippen molar-refractivity contribution < 1.29 is 0 Å². The van der Waals surface area contributed by atoms with E-state index in [1.165, 1.54) is 89.0 Å². The summed E-state index contributed by atoms with van der Waals surface area (Å²) in [6, 6.07) is 4.21. The lowest BCUT2D eigenvalue weighted by atomic mass is 10.0. The van der Waals surface area contributed by atoms with Crippen molar-refractivity contribution in [3.05, 3.63) is 30.1 Å². The zero-order valence-electron chi connectivity index (χ0n) is 13.7.